The van der Waals surface area contributed by atoms with E-state index in [1.54, 1.807) is 12.1 Å². The van der Waals surface area contributed by atoms with Gasteiger partial charge in [-0.25, -0.2) is 0 Å². The fourth-order valence-corrected chi connectivity index (χ4v) is 2.85. The summed E-state index contributed by atoms with van der Waals surface area (Å²) in [6.07, 6.45) is 3.22. The van der Waals surface area contributed by atoms with Crippen LogP contribution >= 0.6 is 0 Å². The number of hydrogen-bond donors (Lipinski definition) is 1. The van der Waals surface area contributed by atoms with Crippen LogP contribution in [0.2, 0.25) is 0 Å². The van der Waals surface area contributed by atoms with Crippen molar-refractivity contribution in [1.82, 2.24) is 0 Å². The van der Waals surface area contributed by atoms with Gasteiger partial charge in [0.1, 0.15) is 12.4 Å². The van der Waals surface area contributed by atoms with Crippen molar-refractivity contribution >= 4 is 5.69 Å². The first-order valence-electron chi connectivity index (χ1n) is 11.4. The predicted molar refractivity (Wildman–Crippen MR) is 120 cm³/mol. The van der Waals surface area contributed by atoms with Gasteiger partial charge in [-0.3, -0.25) is 0 Å². The predicted octanol–water partition coefficient (Wildman–Crippen LogP) is 2.27. The van der Waals surface area contributed by atoms with Crippen LogP contribution in [-0.2, 0) is 33.2 Å². The fraction of sp³-hybridized carbons (Fsp3) is 0.739. The molecule has 1 aliphatic rings. The second-order valence-electron chi connectivity index (χ2n) is 7.15. The summed E-state index contributed by atoms with van der Waals surface area (Å²) in [5.41, 5.74) is 6.34. The Kier molecular flexibility index (Phi) is 15.9. The highest BCUT2D eigenvalue weighted by atomic mass is 16.7. The van der Waals surface area contributed by atoms with Gasteiger partial charge in [-0.1, -0.05) is 0 Å². The lowest BCUT2D eigenvalue weighted by atomic mass is 10.2. The molecule has 9 heteroatoms. The minimum atomic E-state index is -0.0576. The molecule has 0 spiro atoms. The molecule has 2 rings (SSSR count). The number of rotatable bonds is 20. The first-order chi connectivity index (χ1) is 15.8. The molecule has 1 saturated heterocycles. The maximum Gasteiger partial charge on any atom is 0.157 e. The van der Waals surface area contributed by atoms with Crippen molar-refractivity contribution in [3.8, 4) is 5.75 Å². The van der Waals surface area contributed by atoms with Crippen LogP contribution in [0.5, 0.6) is 5.75 Å². The van der Waals surface area contributed by atoms with Gasteiger partial charge in [-0.15, -0.1) is 0 Å². The number of ether oxygens (including phenoxy) is 8. The molecule has 0 aliphatic carbocycles. The number of hydrogen-bond acceptors (Lipinski definition) is 9. The quantitative estimate of drug-likeness (QED) is 0.233. The van der Waals surface area contributed by atoms with Crippen LogP contribution in [0.15, 0.2) is 24.3 Å². The molecular weight excluding hydrogens is 418 g/mol. The highest BCUT2D eigenvalue weighted by Crippen LogP contribution is 2.13. The molecule has 1 fully saturated rings. The number of nitrogens with two attached hydrogens (primary N) is 1. The summed E-state index contributed by atoms with van der Waals surface area (Å²) in [5, 5.41) is 0. The molecule has 184 valence electrons. The molecule has 2 N–H and O–H groups in total. The van der Waals surface area contributed by atoms with Crippen molar-refractivity contribution in [3.05, 3.63) is 24.3 Å². The van der Waals surface area contributed by atoms with Crippen molar-refractivity contribution in [2.45, 2.75) is 25.6 Å². The normalized spacial score (nSPS) is 16.3. The lowest BCUT2D eigenvalue weighted by Gasteiger charge is -2.22. The molecule has 1 aromatic carbocycles. The highest BCUT2D eigenvalue weighted by Gasteiger charge is 2.13. The maximum atomic E-state index is 5.62. The van der Waals surface area contributed by atoms with E-state index in [2.05, 4.69) is 0 Å². The molecule has 1 aliphatic heterocycles. The van der Waals surface area contributed by atoms with E-state index in [4.69, 9.17) is 43.6 Å². The van der Waals surface area contributed by atoms with Crippen molar-refractivity contribution in [2.24, 2.45) is 0 Å². The van der Waals surface area contributed by atoms with E-state index in [-0.39, 0.29) is 6.29 Å². The molecule has 32 heavy (non-hydrogen) atoms. The summed E-state index contributed by atoms with van der Waals surface area (Å²) in [5.74, 6) is 0.780. The summed E-state index contributed by atoms with van der Waals surface area (Å²) in [6.45, 7) is 7.15. The Morgan fingerprint density at radius 1 is 0.656 bits per heavy atom. The average molecular weight is 458 g/mol. The first-order valence-corrected chi connectivity index (χ1v) is 11.4. The number of anilines is 1. The van der Waals surface area contributed by atoms with Gasteiger partial charge in [0.25, 0.3) is 0 Å². The number of nitrogen functional groups attached to an aromatic ring is 1. The third-order valence-corrected chi connectivity index (χ3v) is 4.53. The third-order valence-electron chi connectivity index (χ3n) is 4.53. The Morgan fingerprint density at radius 3 is 1.66 bits per heavy atom. The second-order valence-corrected chi connectivity index (χ2v) is 7.15. The third kappa shape index (κ3) is 14.6. The molecular formula is C23H39NO8. The topological polar surface area (TPSA) is 99.9 Å². The zero-order chi connectivity index (χ0) is 22.5. The highest BCUT2D eigenvalue weighted by molar-refractivity contribution is 5.41. The molecule has 1 aromatic rings. The molecule has 9 nitrogen and oxygen atoms in total. The Balaban J connectivity index is 1.21. The van der Waals surface area contributed by atoms with E-state index in [0.29, 0.717) is 79.3 Å². The summed E-state index contributed by atoms with van der Waals surface area (Å²) in [6, 6.07) is 7.28. The van der Waals surface area contributed by atoms with E-state index in [0.717, 1.165) is 30.9 Å². The van der Waals surface area contributed by atoms with Crippen molar-refractivity contribution in [3.63, 3.8) is 0 Å². The summed E-state index contributed by atoms with van der Waals surface area (Å²) in [7, 11) is 0. The zero-order valence-corrected chi connectivity index (χ0v) is 19.0. The lowest BCUT2D eigenvalue weighted by molar-refractivity contribution is -0.169. The average Bonchev–Trinajstić information content (AvgIpc) is 2.82. The summed E-state index contributed by atoms with van der Waals surface area (Å²) < 4.78 is 43.9. The van der Waals surface area contributed by atoms with E-state index in [1.165, 1.54) is 6.42 Å². The van der Waals surface area contributed by atoms with E-state index < -0.39 is 0 Å². The van der Waals surface area contributed by atoms with Gasteiger partial charge < -0.3 is 43.6 Å². The monoisotopic (exact) mass is 457 g/mol. The maximum absolute atomic E-state index is 5.62. The molecule has 1 heterocycles. The molecule has 1 atom stereocenters. The van der Waals surface area contributed by atoms with E-state index in [9.17, 15) is 0 Å². The van der Waals surface area contributed by atoms with Gasteiger partial charge in [0, 0.05) is 12.3 Å². The van der Waals surface area contributed by atoms with Crippen LogP contribution in [-0.4, -0.2) is 92.2 Å². The van der Waals surface area contributed by atoms with Crippen LogP contribution in [0, 0.1) is 0 Å². The summed E-state index contributed by atoms with van der Waals surface area (Å²) >= 11 is 0. The lowest BCUT2D eigenvalue weighted by Crippen LogP contribution is -2.24. The first kappa shape index (κ1) is 26.8. The Bertz CT molecular complexity index is 539. The molecule has 0 radical (unpaired) electrons. The van der Waals surface area contributed by atoms with Crippen molar-refractivity contribution in [1.29, 1.82) is 0 Å². The van der Waals surface area contributed by atoms with Gasteiger partial charge in [0.05, 0.1) is 72.7 Å². The van der Waals surface area contributed by atoms with Gasteiger partial charge in [-0.2, -0.15) is 0 Å². The molecule has 0 amide bonds. The Hall–Kier alpha value is -1.46. The van der Waals surface area contributed by atoms with Gasteiger partial charge in [0.2, 0.25) is 0 Å². The molecule has 0 bridgehead atoms. The molecule has 0 saturated carbocycles. The smallest absolute Gasteiger partial charge is 0.157 e. The fourth-order valence-electron chi connectivity index (χ4n) is 2.85. The van der Waals surface area contributed by atoms with Crippen LogP contribution in [0.1, 0.15) is 19.3 Å². The van der Waals surface area contributed by atoms with E-state index >= 15 is 0 Å². The molecule has 1 unspecified atom stereocenters. The standard InChI is InChI=1S/C23H39NO8/c24-21-4-6-22(7-5-21)30-19-17-28-15-13-26-11-9-25-10-12-27-14-16-29-18-20-32-23-3-1-2-8-31-23/h4-7,23H,1-3,8-20,24H2. The number of benzene rings is 1. The Labute approximate surface area is 191 Å². The van der Waals surface area contributed by atoms with E-state index in [1.807, 2.05) is 12.1 Å². The zero-order valence-electron chi connectivity index (χ0n) is 19.0. The minimum absolute atomic E-state index is 0.0576. The Morgan fingerprint density at radius 2 is 1.16 bits per heavy atom. The van der Waals surface area contributed by atoms with Crippen molar-refractivity contribution in [2.75, 3.05) is 91.6 Å². The van der Waals surface area contributed by atoms with Crippen LogP contribution in [0.3, 0.4) is 0 Å². The SMILES string of the molecule is Nc1ccc(OCCOCCOCCOCCOCCOCCOC2CCCCO2)cc1. The van der Waals surface area contributed by atoms with Gasteiger partial charge in [-0.05, 0) is 43.5 Å². The van der Waals surface area contributed by atoms with Crippen LogP contribution < -0.4 is 10.5 Å². The van der Waals surface area contributed by atoms with Gasteiger partial charge >= 0.3 is 0 Å². The van der Waals surface area contributed by atoms with Gasteiger partial charge in [0.15, 0.2) is 6.29 Å². The second kappa shape index (κ2) is 19.0. The molecule has 0 aromatic heterocycles. The largest absolute Gasteiger partial charge is 0.491 e. The summed E-state index contributed by atoms with van der Waals surface area (Å²) in [4.78, 5) is 0. The minimum Gasteiger partial charge on any atom is -0.491 e. The van der Waals surface area contributed by atoms with Crippen LogP contribution in [0.25, 0.3) is 0 Å². The van der Waals surface area contributed by atoms with Crippen LogP contribution in [0.4, 0.5) is 5.69 Å². The van der Waals surface area contributed by atoms with Crippen molar-refractivity contribution < 1.29 is 37.9 Å².